The van der Waals surface area contributed by atoms with Gasteiger partial charge in [-0.1, -0.05) is 19.3 Å². The molecule has 0 spiro atoms. The molecule has 1 saturated carbocycles. The maximum Gasteiger partial charge on any atom is 0.157 e. The van der Waals surface area contributed by atoms with Crippen molar-refractivity contribution in [1.29, 1.82) is 0 Å². The van der Waals surface area contributed by atoms with Gasteiger partial charge in [0.25, 0.3) is 0 Å². The van der Waals surface area contributed by atoms with Crippen molar-refractivity contribution in [1.82, 2.24) is 0 Å². The minimum Gasteiger partial charge on any atom is -0.390 e. The normalized spacial score (nSPS) is 20.8. The fraction of sp³-hybridized carbons (Fsp3) is 0.625. The second-order valence-corrected chi connectivity index (χ2v) is 7.12. The van der Waals surface area contributed by atoms with Crippen LogP contribution in [0.4, 0.5) is 0 Å². The molecule has 1 heterocycles. The first-order valence-electron chi connectivity index (χ1n) is 7.73. The van der Waals surface area contributed by atoms with Crippen LogP contribution in [0, 0.1) is 6.92 Å². The van der Waals surface area contributed by atoms with E-state index in [0.29, 0.717) is 6.04 Å². The van der Waals surface area contributed by atoms with Crippen LogP contribution in [-0.2, 0) is 12.8 Å². The maximum atomic E-state index is 5.57. The van der Waals surface area contributed by atoms with Gasteiger partial charge in [0.2, 0.25) is 0 Å². The highest BCUT2D eigenvalue weighted by atomic mass is 32.1. The summed E-state index contributed by atoms with van der Waals surface area (Å²) in [5, 5.41) is 0. The lowest BCUT2D eigenvalue weighted by molar-refractivity contribution is 0.443. The van der Waals surface area contributed by atoms with Crippen molar-refractivity contribution in [3.8, 4) is 0 Å². The Balaban J connectivity index is 1.96. The number of rotatable bonds is 2. The summed E-state index contributed by atoms with van der Waals surface area (Å²) in [4.78, 5) is 12.3. The first-order chi connectivity index (χ1) is 9.79. The van der Waals surface area contributed by atoms with Crippen molar-refractivity contribution < 1.29 is 0 Å². The number of aliphatic imine (C=N–C) groups is 2. The van der Waals surface area contributed by atoms with Crippen LogP contribution in [0.2, 0.25) is 0 Å². The van der Waals surface area contributed by atoms with Crippen LogP contribution in [0.15, 0.2) is 9.98 Å². The van der Waals surface area contributed by atoms with Gasteiger partial charge in [0.15, 0.2) is 5.84 Å². The smallest absolute Gasteiger partial charge is 0.157 e. The van der Waals surface area contributed by atoms with Crippen LogP contribution < -0.4 is 5.73 Å². The predicted molar refractivity (Wildman–Crippen MR) is 87.2 cm³/mol. The third-order valence-corrected chi connectivity index (χ3v) is 5.60. The summed E-state index contributed by atoms with van der Waals surface area (Å²) in [5.41, 5.74) is 8.35. The van der Waals surface area contributed by atoms with Gasteiger partial charge in [0.1, 0.15) is 0 Å². The minimum atomic E-state index is 0.443. The SMILES string of the molecule is Cc1sc2c(c1C(N=CN)=NC1CCCCC1)CCC2. The lowest BCUT2D eigenvalue weighted by Crippen LogP contribution is -2.14. The minimum absolute atomic E-state index is 0.443. The maximum absolute atomic E-state index is 5.57. The lowest BCUT2D eigenvalue weighted by Gasteiger charge is -2.18. The molecule has 0 aliphatic heterocycles. The Morgan fingerprint density at radius 2 is 2.00 bits per heavy atom. The average molecular weight is 289 g/mol. The van der Waals surface area contributed by atoms with Crippen LogP contribution in [-0.4, -0.2) is 18.2 Å². The quantitative estimate of drug-likeness (QED) is 0.656. The topological polar surface area (TPSA) is 50.7 Å². The van der Waals surface area contributed by atoms with Crippen molar-refractivity contribution in [3.05, 3.63) is 20.9 Å². The Morgan fingerprint density at radius 3 is 2.75 bits per heavy atom. The van der Waals surface area contributed by atoms with Gasteiger partial charge in [-0.2, -0.15) is 0 Å². The number of amidine groups is 1. The molecule has 0 saturated heterocycles. The molecule has 0 unspecified atom stereocenters. The summed E-state index contributed by atoms with van der Waals surface area (Å²) in [6.07, 6.45) is 11.4. The summed E-state index contributed by atoms with van der Waals surface area (Å²) in [7, 11) is 0. The van der Waals surface area contributed by atoms with Gasteiger partial charge in [-0.3, -0.25) is 4.99 Å². The second kappa shape index (κ2) is 6.08. The standard InChI is InChI=1S/C16H23N3S/c1-11-15(13-8-5-9-14(13)20-11)16(18-10-17)19-12-6-3-2-4-7-12/h10,12H,2-9H2,1H3,(H2,17,18,19). The van der Waals surface area contributed by atoms with Crippen LogP contribution >= 0.6 is 11.3 Å². The molecule has 1 fully saturated rings. The molecule has 1 aromatic rings. The number of fused-ring (bicyclic) bond motifs is 1. The van der Waals surface area contributed by atoms with Gasteiger partial charge in [-0.05, 0) is 44.6 Å². The number of hydrogen-bond acceptors (Lipinski definition) is 2. The Labute approximate surface area is 125 Å². The number of aryl methyl sites for hydroxylation is 2. The highest BCUT2D eigenvalue weighted by molar-refractivity contribution is 7.12. The Bertz CT molecular complexity index is 536. The van der Waals surface area contributed by atoms with Gasteiger partial charge in [-0.15, -0.1) is 11.3 Å². The van der Waals surface area contributed by atoms with Crippen LogP contribution in [0.1, 0.15) is 59.4 Å². The van der Waals surface area contributed by atoms with Crippen LogP contribution in [0.25, 0.3) is 0 Å². The fourth-order valence-electron chi connectivity index (χ4n) is 3.45. The number of nitrogens with zero attached hydrogens (tertiary/aromatic N) is 2. The molecule has 2 aliphatic carbocycles. The molecule has 3 rings (SSSR count). The van der Waals surface area contributed by atoms with Crippen LogP contribution in [0.5, 0.6) is 0 Å². The first-order valence-corrected chi connectivity index (χ1v) is 8.55. The molecule has 0 bridgehead atoms. The summed E-state index contributed by atoms with van der Waals surface area (Å²) in [6.45, 7) is 2.20. The molecular weight excluding hydrogens is 266 g/mol. The number of hydrogen-bond donors (Lipinski definition) is 1. The molecule has 0 amide bonds. The Morgan fingerprint density at radius 1 is 1.20 bits per heavy atom. The molecule has 0 atom stereocenters. The van der Waals surface area contributed by atoms with Gasteiger partial charge in [0, 0.05) is 15.3 Å². The zero-order valence-electron chi connectivity index (χ0n) is 12.2. The highest BCUT2D eigenvalue weighted by Crippen LogP contribution is 2.36. The van der Waals surface area contributed by atoms with E-state index in [-0.39, 0.29) is 0 Å². The average Bonchev–Trinajstić information content (AvgIpc) is 2.99. The van der Waals surface area contributed by atoms with Crippen molar-refractivity contribution in [2.24, 2.45) is 15.7 Å². The van der Waals surface area contributed by atoms with Crippen molar-refractivity contribution in [3.63, 3.8) is 0 Å². The largest absolute Gasteiger partial charge is 0.390 e. The third kappa shape index (κ3) is 2.66. The van der Waals surface area contributed by atoms with Gasteiger partial charge >= 0.3 is 0 Å². The molecule has 1 aromatic heterocycles. The zero-order chi connectivity index (χ0) is 13.9. The molecule has 4 heteroatoms. The van der Waals surface area contributed by atoms with Crippen LogP contribution in [0.3, 0.4) is 0 Å². The molecule has 0 aromatic carbocycles. The molecular formula is C16H23N3S. The van der Waals surface area contributed by atoms with Gasteiger partial charge in [-0.25, -0.2) is 4.99 Å². The summed E-state index contributed by atoms with van der Waals surface area (Å²) in [6, 6.07) is 0.443. The Kier molecular flexibility index (Phi) is 4.20. The molecule has 3 nitrogen and oxygen atoms in total. The van der Waals surface area contributed by atoms with Crippen molar-refractivity contribution >= 4 is 23.5 Å². The molecule has 20 heavy (non-hydrogen) atoms. The van der Waals surface area contributed by atoms with Crippen molar-refractivity contribution in [2.45, 2.75) is 64.3 Å². The van der Waals surface area contributed by atoms with Crippen molar-refractivity contribution in [2.75, 3.05) is 0 Å². The van der Waals surface area contributed by atoms with E-state index in [1.807, 2.05) is 11.3 Å². The predicted octanol–water partition coefficient (Wildman–Crippen LogP) is 3.61. The van der Waals surface area contributed by atoms with E-state index in [9.17, 15) is 0 Å². The van der Waals surface area contributed by atoms with E-state index < -0.39 is 0 Å². The zero-order valence-corrected chi connectivity index (χ0v) is 13.0. The van der Waals surface area contributed by atoms with E-state index in [4.69, 9.17) is 10.7 Å². The third-order valence-electron chi connectivity index (χ3n) is 4.40. The highest BCUT2D eigenvalue weighted by Gasteiger charge is 2.24. The van der Waals surface area contributed by atoms with E-state index in [0.717, 1.165) is 5.84 Å². The molecule has 108 valence electrons. The Hall–Kier alpha value is -1.16. The number of thiophene rings is 1. The lowest BCUT2D eigenvalue weighted by atomic mass is 9.96. The number of nitrogens with two attached hydrogens (primary N) is 1. The molecule has 2 aliphatic rings. The van der Waals surface area contributed by atoms with Gasteiger partial charge in [0.05, 0.1) is 12.4 Å². The molecule has 2 N–H and O–H groups in total. The summed E-state index contributed by atoms with van der Waals surface area (Å²) >= 11 is 1.92. The summed E-state index contributed by atoms with van der Waals surface area (Å²) in [5.74, 6) is 0.885. The van der Waals surface area contributed by atoms with E-state index in [1.165, 1.54) is 73.7 Å². The van der Waals surface area contributed by atoms with E-state index in [1.54, 1.807) is 4.88 Å². The summed E-state index contributed by atoms with van der Waals surface area (Å²) < 4.78 is 0. The second-order valence-electron chi connectivity index (χ2n) is 5.81. The van der Waals surface area contributed by atoms with Gasteiger partial charge < -0.3 is 5.73 Å². The van der Waals surface area contributed by atoms with E-state index >= 15 is 0 Å². The fourth-order valence-corrected chi connectivity index (χ4v) is 4.71. The van der Waals surface area contributed by atoms with E-state index in [2.05, 4.69) is 11.9 Å². The first kappa shape index (κ1) is 13.8. The monoisotopic (exact) mass is 289 g/mol. The molecule has 0 radical (unpaired) electrons.